The predicted molar refractivity (Wildman–Crippen MR) is 88.9 cm³/mol. The molecule has 0 radical (unpaired) electrons. The first-order chi connectivity index (χ1) is 9.50. The molecule has 3 heterocycles. The molecule has 0 saturated carbocycles. The molecule has 0 aliphatic carbocycles. The Bertz CT molecular complexity index is 884. The molecular weight excluding hydrogens is 308 g/mol. The van der Waals surface area contributed by atoms with Gasteiger partial charge in [-0.3, -0.25) is 9.36 Å². The summed E-state index contributed by atoms with van der Waals surface area (Å²) in [5.41, 5.74) is 2.16. The van der Waals surface area contributed by atoms with Gasteiger partial charge in [0.2, 0.25) is 0 Å². The van der Waals surface area contributed by atoms with E-state index in [1.54, 1.807) is 27.2 Å². The average Bonchev–Trinajstić information content (AvgIpc) is 2.99. The Morgan fingerprint density at radius 1 is 1.40 bits per heavy atom. The fraction of sp³-hybridized carbons (Fsp3) is 0.286. The number of thiophene rings is 2. The van der Waals surface area contributed by atoms with E-state index < -0.39 is 0 Å². The van der Waals surface area contributed by atoms with Crippen LogP contribution in [-0.2, 0) is 0 Å². The quantitative estimate of drug-likeness (QED) is 0.710. The third-order valence-corrected chi connectivity index (χ3v) is 5.79. The predicted octanol–water partition coefficient (Wildman–Crippen LogP) is 4.41. The minimum Gasteiger partial charge on any atom is -0.323 e. The summed E-state index contributed by atoms with van der Waals surface area (Å²) in [6.07, 6.45) is 0. The first-order valence-corrected chi connectivity index (χ1v) is 8.44. The summed E-state index contributed by atoms with van der Waals surface area (Å²) < 4.78 is 2.17. The molecule has 3 aromatic heterocycles. The maximum atomic E-state index is 12.8. The highest BCUT2D eigenvalue weighted by Gasteiger charge is 2.17. The molecule has 104 valence electrons. The summed E-state index contributed by atoms with van der Waals surface area (Å²) >= 11 is 8.61. The summed E-state index contributed by atoms with van der Waals surface area (Å²) in [6, 6.07) is 1.98. The van der Waals surface area contributed by atoms with E-state index in [1.807, 2.05) is 32.2 Å². The fourth-order valence-corrected chi connectivity index (χ4v) is 4.56. The Morgan fingerprint density at radius 3 is 2.80 bits per heavy atom. The monoisotopic (exact) mass is 322 g/mol. The van der Waals surface area contributed by atoms with Gasteiger partial charge in [0, 0.05) is 4.88 Å². The number of rotatable bonds is 2. The highest BCUT2D eigenvalue weighted by molar-refractivity contribution is 7.71. The van der Waals surface area contributed by atoms with E-state index in [9.17, 15) is 4.79 Å². The van der Waals surface area contributed by atoms with E-state index in [0.717, 1.165) is 26.2 Å². The van der Waals surface area contributed by atoms with Crippen molar-refractivity contribution in [2.24, 2.45) is 0 Å². The second-order valence-corrected chi connectivity index (χ2v) is 7.22. The van der Waals surface area contributed by atoms with Crippen LogP contribution in [0.3, 0.4) is 0 Å². The Balaban J connectivity index is 2.34. The van der Waals surface area contributed by atoms with Crippen molar-refractivity contribution >= 4 is 45.1 Å². The molecule has 6 heteroatoms. The number of hydrogen-bond acceptors (Lipinski definition) is 4. The molecule has 3 rings (SSSR count). The van der Waals surface area contributed by atoms with Crippen LogP contribution >= 0.6 is 34.9 Å². The normalized spacial score (nSPS) is 12.9. The lowest BCUT2D eigenvalue weighted by Gasteiger charge is -2.14. The summed E-state index contributed by atoms with van der Waals surface area (Å²) in [5, 5.41) is 4.84. The van der Waals surface area contributed by atoms with Gasteiger partial charge in [-0.25, -0.2) is 0 Å². The summed E-state index contributed by atoms with van der Waals surface area (Å²) in [4.78, 5) is 18.0. The minimum absolute atomic E-state index is 0.00398. The van der Waals surface area contributed by atoms with Crippen molar-refractivity contribution in [1.29, 1.82) is 0 Å². The molecule has 3 aromatic rings. The zero-order valence-electron chi connectivity index (χ0n) is 11.4. The van der Waals surface area contributed by atoms with Gasteiger partial charge < -0.3 is 4.98 Å². The fourth-order valence-electron chi connectivity index (χ4n) is 2.36. The smallest absolute Gasteiger partial charge is 0.263 e. The lowest BCUT2D eigenvalue weighted by atomic mass is 10.1. The van der Waals surface area contributed by atoms with Crippen LogP contribution in [-0.4, -0.2) is 9.55 Å². The lowest BCUT2D eigenvalue weighted by Crippen LogP contribution is -2.25. The van der Waals surface area contributed by atoms with Crippen molar-refractivity contribution in [3.8, 4) is 0 Å². The molecular formula is C14H14N2OS3. The van der Waals surface area contributed by atoms with Crippen LogP contribution in [0.2, 0.25) is 0 Å². The molecule has 0 saturated heterocycles. The third-order valence-electron chi connectivity index (χ3n) is 3.67. The summed E-state index contributed by atoms with van der Waals surface area (Å²) in [5.74, 6) is 0. The minimum atomic E-state index is -0.0542. The highest BCUT2D eigenvalue weighted by atomic mass is 32.1. The van der Waals surface area contributed by atoms with E-state index in [1.165, 1.54) is 0 Å². The van der Waals surface area contributed by atoms with Gasteiger partial charge >= 0.3 is 0 Å². The van der Waals surface area contributed by atoms with Gasteiger partial charge in [0.05, 0.1) is 11.4 Å². The first-order valence-electron chi connectivity index (χ1n) is 6.27. The Labute approximate surface area is 129 Å². The highest BCUT2D eigenvalue weighted by Crippen LogP contribution is 2.27. The van der Waals surface area contributed by atoms with Crippen molar-refractivity contribution in [2.75, 3.05) is 0 Å². The Morgan fingerprint density at radius 2 is 2.15 bits per heavy atom. The van der Waals surface area contributed by atoms with Crippen LogP contribution in [0.5, 0.6) is 0 Å². The molecule has 0 spiro atoms. The van der Waals surface area contributed by atoms with Gasteiger partial charge in [0.15, 0.2) is 4.77 Å². The zero-order chi connectivity index (χ0) is 14.4. The molecule has 0 fully saturated rings. The molecule has 1 N–H and O–H groups in total. The van der Waals surface area contributed by atoms with Crippen molar-refractivity contribution in [3.05, 3.63) is 48.0 Å². The van der Waals surface area contributed by atoms with Crippen LogP contribution in [0.1, 0.15) is 29.0 Å². The number of hydrogen-bond donors (Lipinski definition) is 1. The van der Waals surface area contributed by atoms with E-state index in [-0.39, 0.29) is 11.6 Å². The maximum absolute atomic E-state index is 12.8. The SMILES string of the molecule is Cc1sc2[nH]c(=S)n(C(C)c3ccsc3)c(=O)c2c1C. The molecule has 3 nitrogen and oxygen atoms in total. The van der Waals surface area contributed by atoms with E-state index in [0.29, 0.717) is 4.77 Å². The number of aromatic nitrogens is 2. The maximum Gasteiger partial charge on any atom is 0.263 e. The number of H-pyrrole nitrogens is 1. The first kappa shape index (κ1) is 13.7. The number of nitrogens with one attached hydrogen (secondary N) is 1. The molecule has 0 aromatic carbocycles. The van der Waals surface area contributed by atoms with Crippen molar-refractivity contribution in [2.45, 2.75) is 26.8 Å². The van der Waals surface area contributed by atoms with Gasteiger partial charge in [-0.15, -0.1) is 11.3 Å². The third kappa shape index (κ3) is 1.99. The van der Waals surface area contributed by atoms with Crippen molar-refractivity contribution in [3.63, 3.8) is 0 Å². The van der Waals surface area contributed by atoms with Gasteiger partial charge in [-0.05, 0) is 60.9 Å². The van der Waals surface area contributed by atoms with Crippen LogP contribution in [0.15, 0.2) is 21.6 Å². The van der Waals surface area contributed by atoms with Gasteiger partial charge in [-0.1, -0.05) is 0 Å². The van der Waals surface area contributed by atoms with Crippen LogP contribution in [0.4, 0.5) is 0 Å². The molecule has 1 atom stereocenters. The van der Waals surface area contributed by atoms with Gasteiger partial charge in [0.25, 0.3) is 5.56 Å². The molecule has 0 aliphatic rings. The Kier molecular flexibility index (Phi) is 3.40. The van der Waals surface area contributed by atoms with Crippen LogP contribution < -0.4 is 5.56 Å². The molecule has 1 unspecified atom stereocenters. The van der Waals surface area contributed by atoms with Crippen molar-refractivity contribution < 1.29 is 0 Å². The summed E-state index contributed by atoms with van der Waals surface area (Å²) in [6.45, 7) is 6.03. The number of fused-ring (bicyclic) bond motifs is 1. The molecule has 20 heavy (non-hydrogen) atoms. The topological polar surface area (TPSA) is 37.8 Å². The molecule has 0 aliphatic heterocycles. The molecule has 0 bridgehead atoms. The second-order valence-electron chi connectivity index (χ2n) is 4.83. The average molecular weight is 322 g/mol. The number of nitrogens with zero attached hydrogens (tertiary/aromatic N) is 1. The Hall–Kier alpha value is -1.24. The number of aryl methyl sites for hydroxylation is 2. The summed E-state index contributed by atoms with van der Waals surface area (Å²) in [7, 11) is 0. The standard InChI is InChI=1S/C14H14N2OS3/c1-7-9(3)20-12-11(7)13(17)16(14(18)15-12)8(2)10-4-5-19-6-10/h4-6,8H,1-3H3,(H,15,18). The second kappa shape index (κ2) is 4.95. The van der Waals surface area contributed by atoms with Gasteiger partial charge in [0.1, 0.15) is 4.83 Å². The zero-order valence-corrected chi connectivity index (χ0v) is 13.8. The lowest BCUT2D eigenvalue weighted by molar-refractivity contribution is 0.602. The largest absolute Gasteiger partial charge is 0.323 e. The van der Waals surface area contributed by atoms with E-state index >= 15 is 0 Å². The van der Waals surface area contributed by atoms with Crippen LogP contribution in [0.25, 0.3) is 10.2 Å². The molecule has 0 amide bonds. The van der Waals surface area contributed by atoms with Crippen molar-refractivity contribution in [1.82, 2.24) is 9.55 Å². The number of aromatic amines is 1. The van der Waals surface area contributed by atoms with Gasteiger partial charge in [-0.2, -0.15) is 11.3 Å². The van der Waals surface area contributed by atoms with Crippen LogP contribution in [0, 0.1) is 18.6 Å². The van der Waals surface area contributed by atoms with E-state index in [2.05, 4.69) is 10.4 Å². The van der Waals surface area contributed by atoms with E-state index in [4.69, 9.17) is 12.2 Å².